The largest absolute Gasteiger partial charge is 0.397 e. The van der Waals surface area contributed by atoms with Crippen LogP contribution in [0.3, 0.4) is 0 Å². The van der Waals surface area contributed by atoms with Crippen LogP contribution in [0.2, 0.25) is 0 Å². The molecule has 0 aliphatic rings. The number of thiophene rings is 1. The van der Waals surface area contributed by atoms with E-state index in [0.29, 0.717) is 0 Å². The minimum Gasteiger partial charge on any atom is -0.397 e. The summed E-state index contributed by atoms with van der Waals surface area (Å²) < 4.78 is 0. The molecule has 3 aromatic rings. The molecule has 1 aromatic carbocycles. The first-order valence-electron chi connectivity index (χ1n) is 5.50. The molecule has 0 fully saturated rings. The zero-order valence-electron chi connectivity index (χ0n) is 9.26. The Hall–Kier alpha value is -1.87. The summed E-state index contributed by atoms with van der Waals surface area (Å²) in [4.78, 5) is 6.57. The summed E-state index contributed by atoms with van der Waals surface area (Å²) in [6.07, 6.45) is 2.69. The summed E-state index contributed by atoms with van der Waals surface area (Å²) in [7, 11) is 0. The summed E-state index contributed by atoms with van der Waals surface area (Å²) in [6.45, 7) is 0. The van der Waals surface area contributed by atoms with Crippen LogP contribution in [0.4, 0.5) is 5.69 Å². The Morgan fingerprint density at radius 2 is 1.88 bits per heavy atom. The molecule has 2 nitrogen and oxygen atoms in total. The van der Waals surface area contributed by atoms with Crippen LogP contribution in [-0.2, 0) is 6.42 Å². The van der Waals surface area contributed by atoms with Gasteiger partial charge < -0.3 is 5.73 Å². The van der Waals surface area contributed by atoms with Gasteiger partial charge >= 0.3 is 0 Å². The lowest BCUT2D eigenvalue weighted by Crippen LogP contribution is -1.90. The van der Waals surface area contributed by atoms with E-state index in [1.165, 1.54) is 10.4 Å². The van der Waals surface area contributed by atoms with Crippen LogP contribution >= 0.6 is 11.3 Å². The summed E-state index contributed by atoms with van der Waals surface area (Å²) in [6, 6.07) is 14.3. The third kappa shape index (κ3) is 1.89. The number of hydrogen-bond acceptors (Lipinski definition) is 3. The average Bonchev–Trinajstić information content (AvgIpc) is 2.68. The summed E-state index contributed by atoms with van der Waals surface area (Å²) in [5, 5.41) is 1.07. The van der Waals surface area contributed by atoms with Crippen molar-refractivity contribution < 1.29 is 0 Å². The molecule has 2 heterocycles. The van der Waals surface area contributed by atoms with Gasteiger partial charge in [0.15, 0.2) is 0 Å². The number of aromatic nitrogens is 1. The van der Waals surface area contributed by atoms with E-state index >= 15 is 0 Å². The third-order valence-corrected chi connectivity index (χ3v) is 3.92. The second kappa shape index (κ2) is 4.18. The molecule has 0 aliphatic carbocycles. The van der Waals surface area contributed by atoms with Crippen molar-refractivity contribution in [3.05, 3.63) is 59.1 Å². The molecule has 0 amide bonds. The molecule has 2 N–H and O–H groups in total. The monoisotopic (exact) mass is 240 g/mol. The zero-order chi connectivity index (χ0) is 11.7. The maximum atomic E-state index is 6.16. The molecule has 0 radical (unpaired) electrons. The van der Waals surface area contributed by atoms with Gasteiger partial charge in [0.05, 0.1) is 5.69 Å². The van der Waals surface area contributed by atoms with Gasteiger partial charge in [0.25, 0.3) is 0 Å². The second-order valence-electron chi connectivity index (χ2n) is 3.96. The van der Waals surface area contributed by atoms with Gasteiger partial charge in [-0.15, -0.1) is 11.3 Å². The number of benzene rings is 1. The molecule has 0 atom stereocenters. The van der Waals surface area contributed by atoms with Crippen molar-refractivity contribution in [2.45, 2.75) is 6.42 Å². The maximum absolute atomic E-state index is 6.16. The van der Waals surface area contributed by atoms with Gasteiger partial charge in [-0.3, -0.25) is 0 Å². The number of pyridine rings is 1. The fourth-order valence-electron chi connectivity index (χ4n) is 1.91. The Balaban J connectivity index is 2.04. The minimum atomic E-state index is 0.877. The van der Waals surface area contributed by atoms with Crippen LogP contribution in [0.25, 0.3) is 10.2 Å². The van der Waals surface area contributed by atoms with Crippen molar-refractivity contribution in [1.29, 1.82) is 0 Å². The predicted octanol–water partition coefficient (Wildman–Crippen LogP) is 3.47. The van der Waals surface area contributed by atoms with Crippen molar-refractivity contribution in [2.75, 3.05) is 5.73 Å². The van der Waals surface area contributed by atoms with E-state index in [1.807, 2.05) is 24.4 Å². The first-order chi connectivity index (χ1) is 8.34. The molecule has 2 aromatic heterocycles. The van der Waals surface area contributed by atoms with Crippen molar-refractivity contribution in [3.8, 4) is 0 Å². The fourth-order valence-corrected chi connectivity index (χ4v) is 3.01. The molecule has 0 aliphatic heterocycles. The van der Waals surface area contributed by atoms with Gasteiger partial charge in [-0.1, -0.05) is 30.3 Å². The van der Waals surface area contributed by atoms with E-state index in [-0.39, 0.29) is 0 Å². The average molecular weight is 240 g/mol. The molecule has 3 rings (SSSR count). The highest BCUT2D eigenvalue weighted by atomic mass is 32.1. The first-order valence-corrected chi connectivity index (χ1v) is 6.32. The normalized spacial score (nSPS) is 10.8. The van der Waals surface area contributed by atoms with Crippen LogP contribution in [0.5, 0.6) is 0 Å². The van der Waals surface area contributed by atoms with Crippen LogP contribution in [-0.4, -0.2) is 4.98 Å². The highest BCUT2D eigenvalue weighted by Crippen LogP contribution is 2.33. The Morgan fingerprint density at radius 1 is 1.06 bits per heavy atom. The fraction of sp³-hybridized carbons (Fsp3) is 0.0714. The standard InChI is InChI=1S/C14H12N2S/c15-13-11-7-4-8-16-14(11)17-12(13)9-10-5-2-1-3-6-10/h1-8H,9,15H2. The molecule has 0 unspecified atom stereocenters. The van der Waals surface area contributed by atoms with Crippen LogP contribution in [0.15, 0.2) is 48.7 Å². The Bertz CT molecular complexity index is 644. The molecular formula is C14H12N2S. The highest BCUT2D eigenvalue weighted by molar-refractivity contribution is 7.19. The van der Waals surface area contributed by atoms with Crippen LogP contribution in [0, 0.1) is 0 Å². The number of nitrogen functional groups attached to an aromatic ring is 1. The first kappa shape index (κ1) is 10.3. The van der Waals surface area contributed by atoms with Crippen molar-refractivity contribution in [2.24, 2.45) is 0 Å². The molecule has 0 bridgehead atoms. The molecule has 3 heteroatoms. The molecular weight excluding hydrogens is 228 g/mol. The number of hydrogen-bond donors (Lipinski definition) is 1. The summed E-state index contributed by atoms with van der Waals surface area (Å²) >= 11 is 1.68. The summed E-state index contributed by atoms with van der Waals surface area (Å²) in [5.74, 6) is 0. The van der Waals surface area contributed by atoms with Crippen LogP contribution in [0.1, 0.15) is 10.4 Å². The SMILES string of the molecule is Nc1c(Cc2ccccc2)sc2ncccc12. The Morgan fingerprint density at radius 3 is 2.65 bits per heavy atom. The number of anilines is 1. The van der Waals surface area contributed by atoms with E-state index in [1.54, 1.807) is 11.3 Å². The van der Waals surface area contributed by atoms with Crippen molar-refractivity contribution in [3.63, 3.8) is 0 Å². The molecule has 0 saturated carbocycles. The lowest BCUT2D eigenvalue weighted by atomic mass is 10.1. The van der Waals surface area contributed by atoms with Gasteiger partial charge in [-0.2, -0.15) is 0 Å². The molecule has 0 spiro atoms. The second-order valence-corrected chi connectivity index (χ2v) is 5.04. The quantitative estimate of drug-likeness (QED) is 0.745. The minimum absolute atomic E-state index is 0.877. The molecule has 84 valence electrons. The van der Waals surface area contributed by atoms with Gasteiger partial charge in [0.2, 0.25) is 0 Å². The van der Waals surface area contributed by atoms with Gasteiger partial charge in [0, 0.05) is 22.9 Å². The third-order valence-electron chi connectivity index (χ3n) is 2.79. The Kier molecular flexibility index (Phi) is 2.53. The lowest BCUT2D eigenvalue weighted by molar-refractivity contribution is 1.25. The van der Waals surface area contributed by atoms with Gasteiger partial charge in [-0.25, -0.2) is 4.98 Å². The van der Waals surface area contributed by atoms with Crippen molar-refractivity contribution >= 4 is 27.2 Å². The van der Waals surface area contributed by atoms with Crippen molar-refractivity contribution in [1.82, 2.24) is 4.98 Å². The predicted molar refractivity (Wildman–Crippen MR) is 73.3 cm³/mol. The van der Waals surface area contributed by atoms with E-state index in [9.17, 15) is 0 Å². The molecule has 0 saturated heterocycles. The van der Waals surface area contributed by atoms with E-state index in [2.05, 4.69) is 29.2 Å². The highest BCUT2D eigenvalue weighted by Gasteiger charge is 2.09. The smallest absolute Gasteiger partial charge is 0.125 e. The summed E-state index contributed by atoms with van der Waals surface area (Å²) in [5.41, 5.74) is 8.32. The lowest BCUT2D eigenvalue weighted by Gasteiger charge is -1.99. The maximum Gasteiger partial charge on any atom is 0.125 e. The zero-order valence-corrected chi connectivity index (χ0v) is 10.1. The number of fused-ring (bicyclic) bond motifs is 1. The number of nitrogens with zero attached hydrogens (tertiary/aromatic N) is 1. The van der Waals surface area contributed by atoms with Gasteiger partial charge in [0.1, 0.15) is 4.83 Å². The van der Waals surface area contributed by atoms with Gasteiger partial charge in [-0.05, 0) is 17.7 Å². The van der Waals surface area contributed by atoms with E-state index < -0.39 is 0 Å². The van der Waals surface area contributed by atoms with E-state index in [4.69, 9.17) is 5.73 Å². The topological polar surface area (TPSA) is 38.9 Å². The Labute approximate surface area is 104 Å². The van der Waals surface area contributed by atoms with Crippen LogP contribution < -0.4 is 5.73 Å². The van der Waals surface area contributed by atoms with E-state index in [0.717, 1.165) is 22.3 Å². The molecule has 17 heavy (non-hydrogen) atoms. The number of rotatable bonds is 2. The number of nitrogens with two attached hydrogens (primary N) is 1.